The summed E-state index contributed by atoms with van der Waals surface area (Å²) in [5.41, 5.74) is 0.563. The molecule has 1 aromatic carbocycles. The molecular weight excluding hydrogens is 306 g/mol. The SMILES string of the molecule is O=CN1CC[NH+](C2CC(=O)N(c3ccc(Cl)cc3)C2=O)CC1. The second-order valence-corrected chi connectivity index (χ2v) is 6.04. The summed E-state index contributed by atoms with van der Waals surface area (Å²) in [6.07, 6.45) is 1.05. The van der Waals surface area contributed by atoms with E-state index in [1.165, 1.54) is 4.90 Å². The maximum absolute atomic E-state index is 12.6. The van der Waals surface area contributed by atoms with E-state index in [4.69, 9.17) is 11.6 Å². The van der Waals surface area contributed by atoms with Crippen molar-refractivity contribution < 1.29 is 19.3 Å². The van der Waals surface area contributed by atoms with E-state index in [9.17, 15) is 14.4 Å². The molecular formula is C15H17ClN3O3+. The van der Waals surface area contributed by atoms with Crippen LogP contribution < -0.4 is 9.80 Å². The van der Waals surface area contributed by atoms with Crippen molar-refractivity contribution in [2.45, 2.75) is 12.5 Å². The summed E-state index contributed by atoms with van der Waals surface area (Å²) in [5, 5.41) is 0.565. The molecule has 116 valence electrons. The van der Waals surface area contributed by atoms with Gasteiger partial charge in [0.1, 0.15) is 0 Å². The summed E-state index contributed by atoms with van der Waals surface area (Å²) in [6.45, 7) is 2.63. The van der Waals surface area contributed by atoms with Gasteiger partial charge in [-0.2, -0.15) is 0 Å². The quantitative estimate of drug-likeness (QED) is 0.593. The molecule has 0 aliphatic carbocycles. The minimum atomic E-state index is -0.350. The number of hydrogen-bond acceptors (Lipinski definition) is 3. The van der Waals surface area contributed by atoms with Crippen molar-refractivity contribution in [2.24, 2.45) is 0 Å². The fourth-order valence-corrected chi connectivity index (χ4v) is 3.20. The molecule has 3 amide bonds. The van der Waals surface area contributed by atoms with Gasteiger partial charge in [0.25, 0.3) is 5.91 Å². The lowest BCUT2D eigenvalue weighted by molar-refractivity contribution is -0.918. The Kier molecular flexibility index (Phi) is 4.13. The zero-order valence-electron chi connectivity index (χ0n) is 12.0. The van der Waals surface area contributed by atoms with Crippen molar-refractivity contribution in [1.82, 2.24) is 4.90 Å². The summed E-state index contributed by atoms with van der Waals surface area (Å²) in [4.78, 5) is 39.6. The molecule has 1 N–H and O–H groups in total. The van der Waals surface area contributed by atoms with Gasteiger partial charge in [-0.25, -0.2) is 4.90 Å². The maximum Gasteiger partial charge on any atom is 0.292 e. The zero-order valence-corrected chi connectivity index (χ0v) is 12.8. The second-order valence-electron chi connectivity index (χ2n) is 5.60. The molecule has 2 aliphatic heterocycles. The number of quaternary nitrogens is 1. The number of nitrogens with one attached hydrogen (secondary N) is 1. The van der Waals surface area contributed by atoms with E-state index in [1.807, 2.05) is 0 Å². The van der Waals surface area contributed by atoms with Crippen molar-refractivity contribution in [1.29, 1.82) is 0 Å². The van der Waals surface area contributed by atoms with E-state index in [0.29, 0.717) is 36.9 Å². The Morgan fingerprint density at radius 3 is 2.36 bits per heavy atom. The standard InChI is InChI=1S/C15H16ClN3O3/c16-11-1-3-12(4-2-11)19-14(21)9-13(15(19)22)18-7-5-17(10-20)6-8-18/h1-4,10,13H,5-9H2/p+1. The molecule has 0 bridgehead atoms. The van der Waals surface area contributed by atoms with Gasteiger partial charge in [0.2, 0.25) is 12.3 Å². The van der Waals surface area contributed by atoms with Crippen LogP contribution in [0.5, 0.6) is 0 Å². The molecule has 1 atom stereocenters. The van der Waals surface area contributed by atoms with Crippen LogP contribution in [0.1, 0.15) is 6.42 Å². The number of benzene rings is 1. The van der Waals surface area contributed by atoms with Crippen LogP contribution >= 0.6 is 11.6 Å². The van der Waals surface area contributed by atoms with E-state index in [0.717, 1.165) is 11.3 Å². The fourth-order valence-electron chi connectivity index (χ4n) is 3.08. The summed E-state index contributed by atoms with van der Waals surface area (Å²) in [6, 6.07) is 6.35. The topological polar surface area (TPSA) is 62.1 Å². The summed E-state index contributed by atoms with van der Waals surface area (Å²) >= 11 is 5.84. The van der Waals surface area contributed by atoms with E-state index in [1.54, 1.807) is 29.2 Å². The highest BCUT2D eigenvalue weighted by Gasteiger charge is 2.46. The first kappa shape index (κ1) is 15.0. The third kappa shape index (κ3) is 2.71. The zero-order chi connectivity index (χ0) is 15.7. The Labute approximate surface area is 133 Å². The number of hydrogen-bond donors (Lipinski definition) is 1. The Hall–Kier alpha value is -1.92. The molecule has 0 aromatic heterocycles. The Bertz CT molecular complexity index is 597. The van der Waals surface area contributed by atoms with Crippen molar-refractivity contribution >= 4 is 35.5 Å². The minimum absolute atomic E-state index is 0.165. The van der Waals surface area contributed by atoms with Gasteiger partial charge in [0, 0.05) is 5.02 Å². The van der Waals surface area contributed by atoms with E-state index < -0.39 is 0 Å². The molecule has 2 heterocycles. The van der Waals surface area contributed by atoms with Gasteiger partial charge in [-0.05, 0) is 24.3 Å². The molecule has 0 spiro atoms. The number of amides is 3. The summed E-state index contributed by atoms with van der Waals surface area (Å²) < 4.78 is 0. The van der Waals surface area contributed by atoms with Crippen LogP contribution in [0.4, 0.5) is 5.69 Å². The molecule has 1 aromatic rings. The first-order valence-electron chi connectivity index (χ1n) is 7.26. The molecule has 22 heavy (non-hydrogen) atoms. The third-order valence-electron chi connectivity index (χ3n) is 4.31. The van der Waals surface area contributed by atoms with Crippen LogP contribution in [0.2, 0.25) is 5.02 Å². The number of carbonyl (C=O) groups is 3. The summed E-state index contributed by atoms with van der Waals surface area (Å²) in [7, 11) is 0. The number of nitrogens with zero attached hydrogens (tertiary/aromatic N) is 2. The molecule has 2 aliphatic rings. The van der Waals surface area contributed by atoms with Crippen LogP contribution in [0.15, 0.2) is 24.3 Å². The average Bonchev–Trinajstić information content (AvgIpc) is 2.83. The van der Waals surface area contributed by atoms with Gasteiger partial charge in [-0.1, -0.05) is 11.6 Å². The van der Waals surface area contributed by atoms with Gasteiger partial charge in [-0.15, -0.1) is 0 Å². The number of piperazine rings is 1. The molecule has 0 saturated carbocycles. The van der Waals surface area contributed by atoms with E-state index >= 15 is 0 Å². The summed E-state index contributed by atoms with van der Waals surface area (Å²) in [5.74, 6) is -0.343. The first-order chi connectivity index (χ1) is 10.6. The van der Waals surface area contributed by atoms with Crippen LogP contribution in [0, 0.1) is 0 Å². The largest absolute Gasteiger partial charge is 0.334 e. The maximum atomic E-state index is 12.6. The molecule has 6 nitrogen and oxygen atoms in total. The Balaban J connectivity index is 1.74. The lowest BCUT2D eigenvalue weighted by Crippen LogP contribution is -3.19. The normalized spacial score (nSPS) is 23.2. The molecule has 1 unspecified atom stereocenters. The van der Waals surface area contributed by atoms with Crippen molar-refractivity contribution in [2.75, 3.05) is 31.1 Å². The average molecular weight is 323 g/mol. The third-order valence-corrected chi connectivity index (χ3v) is 4.57. The highest BCUT2D eigenvalue weighted by atomic mass is 35.5. The van der Waals surface area contributed by atoms with Crippen molar-refractivity contribution in [3.63, 3.8) is 0 Å². The van der Waals surface area contributed by atoms with Gasteiger partial charge in [-0.3, -0.25) is 14.4 Å². The number of rotatable bonds is 3. The van der Waals surface area contributed by atoms with Crippen LogP contribution in [0.3, 0.4) is 0 Å². The van der Waals surface area contributed by atoms with E-state index in [-0.39, 0.29) is 24.3 Å². The molecule has 2 fully saturated rings. The number of carbonyl (C=O) groups excluding carboxylic acids is 3. The Morgan fingerprint density at radius 2 is 1.77 bits per heavy atom. The minimum Gasteiger partial charge on any atom is -0.334 e. The lowest BCUT2D eigenvalue weighted by atomic mass is 10.2. The highest BCUT2D eigenvalue weighted by Crippen LogP contribution is 2.23. The smallest absolute Gasteiger partial charge is 0.292 e. The van der Waals surface area contributed by atoms with Gasteiger partial charge >= 0.3 is 0 Å². The van der Waals surface area contributed by atoms with E-state index in [2.05, 4.69) is 0 Å². The highest BCUT2D eigenvalue weighted by molar-refractivity contribution is 6.30. The Morgan fingerprint density at radius 1 is 1.14 bits per heavy atom. The van der Waals surface area contributed by atoms with Crippen LogP contribution in [-0.2, 0) is 14.4 Å². The second kappa shape index (κ2) is 6.06. The number of anilines is 1. The van der Waals surface area contributed by atoms with Crippen molar-refractivity contribution in [3.05, 3.63) is 29.3 Å². The lowest BCUT2D eigenvalue weighted by Gasteiger charge is -2.32. The number of imide groups is 1. The molecule has 0 radical (unpaired) electrons. The number of halogens is 1. The predicted octanol–water partition coefficient (Wildman–Crippen LogP) is -0.671. The van der Waals surface area contributed by atoms with Gasteiger partial charge < -0.3 is 9.80 Å². The van der Waals surface area contributed by atoms with Crippen LogP contribution in [-0.4, -0.2) is 55.3 Å². The first-order valence-corrected chi connectivity index (χ1v) is 7.64. The van der Waals surface area contributed by atoms with Gasteiger partial charge in [0.15, 0.2) is 6.04 Å². The van der Waals surface area contributed by atoms with Crippen LogP contribution in [0.25, 0.3) is 0 Å². The predicted molar refractivity (Wildman–Crippen MR) is 80.7 cm³/mol. The van der Waals surface area contributed by atoms with Crippen molar-refractivity contribution in [3.8, 4) is 0 Å². The molecule has 7 heteroatoms. The fraction of sp³-hybridized carbons (Fsp3) is 0.400. The molecule has 3 rings (SSSR count). The van der Waals surface area contributed by atoms with Gasteiger partial charge in [0.05, 0.1) is 38.3 Å². The molecule has 2 saturated heterocycles. The monoisotopic (exact) mass is 322 g/mol.